The summed E-state index contributed by atoms with van der Waals surface area (Å²) >= 11 is 6.12. The maximum absolute atomic E-state index is 13.2. The van der Waals surface area contributed by atoms with Gasteiger partial charge in [-0.05, 0) is 42.3 Å². The van der Waals surface area contributed by atoms with E-state index in [0.717, 1.165) is 0 Å². The Kier molecular flexibility index (Phi) is 4.89. The van der Waals surface area contributed by atoms with Crippen molar-refractivity contribution < 1.29 is 32.5 Å². The summed E-state index contributed by atoms with van der Waals surface area (Å²) in [6.07, 6.45) is -7.67. The minimum Gasteiger partial charge on any atom is -0.481 e. The molecule has 0 spiro atoms. The highest BCUT2D eigenvalue weighted by Crippen LogP contribution is 2.43. The van der Waals surface area contributed by atoms with Crippen LogP contribution in [0.4, 0.5) is 13.2 Å². The minimum absolute atomic E-state index is 0.0508. The molecule has 0 bridgehead atoms. The highest BCUT2D eigenvalue weighted by atomic mass is 35.5. The van der Waals surface area contributed by atoms with Gasteiger partial charge in [0.2, 0.25) is 6.10 Å². The Labute approximate surface area is 156 Å². The Bertz CT molecular complexity index is 922. The highest BCUT2D eigenvalue weighted by Gasteiger charge is 2.52. The molecule has 27 heavy (non-hydrogen) atoms. The molecule has 0 aliphatic carbocycles. The summed E-state index contributed by atoms with van der Waals surface area (Å²) in [7, 11) is 0. The zero-order valence-corrected chi connectivity index (χ0v) is 14.2. The highest BCUT2D eigenvalue weighted by molar-refractivity contribution is 6.32. The lowest BCUT2D eigenvalue weighted by Gasteiger charge is -2.32. The molecule has 0 amide bonds. The second kappa shape index (κ2) is 7.00. The fraction of sp³-hybridized carbons (Fsp3) is 0.222. The number of halogens is 4. The molecule has 2 aromatic rings. The molecular formula is C18H11ClF3NO4. The molecule has 2 unspecified atom stereocenters. The van der Waals surface area contributed by atoms with Crippen molar-refractivity contribution in [2.24, 2.45) is 5.92 Å². The van der Waals surface area contributed by atoms with Gasteiger partial charge in [0.25, 0.3) is 0 Å². The summed E-state index contributed by atoms with van der Waals surface area (Å²) in [5.41, 5.74) is 0.662. The zero-order chi connectivity index (χ0) is 19.8. The molecule has 0 aromatic heterocycles. The maximum atomic E-state index is 13.2. The first-order valence-corrected chi connectivity index (χ1v) is 8.03. The molecule has 0 fully saturated rings. The Morgan fingerprint density at radius 3 is 2.52 bits per heavy atom. The summed E-state index contributed by atoms with van der Waals surface area (Å²) < 4.78 is 50.0. The molecule has 3 rings (SSSR count). The van der Waals surface area contributed by atoms with Crippen LogP contribution in [0.5, 0.6) is 17.2 Å². The number of carboxylic acid groups (broad SMARTS) is 1. The van der Waals surface area contributed by atoms with Gasteiger partial charge in [-0.15, -0.1) is 0 Å². The van der Waals surface area contributed by atoms with Crippen molar-refractivity contribution in [1.29, 1.82) is 5.26 Å². The molecule has 2 aromatic carbocycles. The lowest BCUT2D eigenvalue weighted by Crippen LogP contribution is -2.47. The van der Waals surface area contributed by atoms with Gasteiger partial charge in [0.15, 0.2) is 0 Å². The average Bonchev–Trinajstić information content (AvgIpc) is 2.61. The third-order valence-electron chi connectivity index (χ3n) is 4.03. The normalized spacial score (nSPS) is 18.8. The number of nitriles is 1. The van der Waals surface area contributed by atoms with E-state index in [-0.39, 0.29) is 28.5 Å². The summed E-state index contributed by atoms with van der Waals surface area (Å²) in [6.45, 7) is 0. The van der Waals surface area contributed by atoms with Crippen LogP contribution < -0.4 is 9.47 Å². The first-order chi connectivity index (χ1) is 12.7. The number of fused-ring (bicyclic) bond motifs is 1. The van der Waals surface area contributed by atoms with E-state index < -0.39 is 24.2 Å². The first kappa shape index (κ1) is 18.9. The Morgan fingerprint density at radius 1 is 1.30 bits per heavy atom. The predicted molar refractivity (Wildman–Crippen MR) is 88.0 cm³/mol. The lowest BCUT2D eigenvalue weighted by molar-refractivity contribution is -0.217. The molecule has 1 N–H and O–H groups in total. The largest absolute Gasteiger partial charge is 0.481 e. The third-order valence-corrected chi connectivity index (χ3v) is 4.32. The molecule has 1 heterocycles. The Balaban J connectivity index is 1.93. The van der Waals surface area contributed by atoms with Crippen molar-refractivity contribution in [2.75, 3.05) is 0 Å². The number of hydrogen-bond donors (Lipinski definition) is 1. The van der Waals surface area contributed by atoms with E-state index in [2.05, 4.69) is 0 Å². The van der Waals surface area contributed by atoms with Crippen molar-refractivity contribution in [3.8, 4) is 23.3 Å². The predicted octanol–water partition coefficient (Wildman–Crippen LogP) is 4.57. The van der Waals surface area contributed by atoms with Gasteiger partial charge in [0.05, 0.1) is 16.7 Å². The molecule has 2 atom stereocenters. The summed E-state index contributed by atoms with van der Waals surface area (Å²) in [6, 6.07) is 10.5. The van der Waals surface area contributed by atoms with Crippen LogP contribution >= 0.6 is 11.6 Å². The number of nitrogens with zero attached hydrogens (tertiary/aromatic N) is 1. The van der Waals surface area contributed by atoms with Crippen molar-refractivity contribution in [1.82, 2.24) is 0 Å². The SMILES string of the molecule is N#Cc1ccc(Oc2cc3c(cc2Cl)CC(C(=O)O)C(C(F)(F)F)O3)cc1. The third kappa shape index (κ3) is 3.93. The van der Waals surface area contributed by atoms with E-state index in [9.17, 15) is 18.0 Å². The summed E-state index contributed by atoms with van der Waals surface area (Å²) in [5, 5.41) is 18.0. The second-order valence-corrected chi connectivity index (χ2v) is 6.26. The van der Waals surface area contributed by atoms with Gasteiger partial charge < -0.3 is 14.6 Å². The molecule has 0 radical (unpaired) electrons. The van der Waals surface area contributed by atoms with Crippen LogP contribution in [0.25, 0.3) is 0 Å². The molecule has 1 aliphatic heterocycles. The molecule has 140 valence electrons. The van der Waals surface area contributed by atoms with Gasteiger partial charge in [-0.1, -0.05) is 11.6 Å². The minimum atomic E-state index is -4.84. The molecule has 5 nitrogen and oxygen atoms in total. The fourth-order valence-corrected chi connectivity index (χ4v) is 2.95. The standard InChI is InChI=1S/C18H11ClF3NO4/c19-13-6-10-5-12(17(24)25)16(18(20,21)22)27-14(10)7-15(13)26-11-3-1-9(8-23)2-4-11/h1-4,6-7,12,16H,5H2,(H,24,25). The number of aliphatic carboxylic acids is 1. The van der Waals surface area contributed by atoms with Gasteiger partial charge in [0, 0.05) is 6.07 Å². The van der Waals surface area contributed by atoms with Crippen LogP contribution in [-0.4, -0.2) is 23.4 Å². The van der Waals surface area contributed by atoms with E-state index in [0.29, 0.717) is 11.3 Å². The summed E-state index contributed by atoms with van der Waals surface area (Å²) in [4.78, 5) is 11.2. The summed E-state index contributed by atoms with van der Waals surface area (Å²) in [5.74, 6) is -3.13. The number of rotatable bonds is 3. The number of carboxylic acids is 1. The molecule has 9 heteroatoms. The van der Waals surface area contributed by atoms with E-state index in [1.165, 1.54) is 36.4 Å². The van der Waals surface area contributed by atoms with E-state index >= 15 is 0 Å². The van der Waals surface area contributed by atoms with Crippen molar-refractivity contribution in [3.05, 3.63) is 52.5 Å². The second-order valence-electron chi connectivity index (χ2n) is 5.86. The molecule has 0 saturated carbocycles. The number of hydrogen-bond acceptors (Lipinski definition) is 4. The van der Waals surface area contributed by atoms with E-state index in [1.807, 2.05) is 6.07 Å². The van der Waals surface area contributed by atoms with Crippen LogP contribution in [0.2, 0.25) is 5.02 Å². The monoisotopic (exact) mass is 397 g/mol. The Hall–Kier alpha value is -2.92. The number of ether oxygens (including phenoxy) is 2. The van der Waals surface area contributed by atoms with E-state index in [1.54, 1.807) is 0 Å². The smallest absolute Gasteiger partial charge is 0.426 e. The quantitative estimate of drug-likeness (QED) is 0.820. The van der Waals surface area contributed by atoms with Crippen LogP contribution in [0.3, 0.4) is 0 Å². The van der Waals surface area contributed by atoms with Gasteiger partial charge in [-0.2, -0.15) is 18.4 Å². The van der Waals surface area contributed by atoms with Crippen LogP contribution in [0.15, 0.2) is 36.4 Å². The molecular weight excluding hydrogens is 387 g/mol. The van der Waals surface area contributed by atoms with Gasteiger partial charge in [0.1, 0.15) is 23.2 Å². The van der Waals surface area contributed by atoms with Gasteiger partial charge in [-0.3, -0.25) is 4.79 Å². The number of benzene rings is 2. The first-order valence-electron chi connectivity index (χ1n) is 7.65. The molecule has 0 saturated heterocycles. The van der Waals surface area contributed by atoms with Crippen molar-refractivity contribution in [3.63, 3.8) is 0 Å². The fourth-order valence-electron chi connectivity index (χ4n) is 2.72. The Morgan fingerprint density at radius 2 is 1.96 bits per heavy atom. The zero-order valence-electron chi connectivity index (χ0n) is 13.5. The topological polar surface area (TPSA) is 79.5 Å². The average molecular weight is 398 g/mol. The number of alkyl halides is 3. The van der Waals surface area contributed by atoms with Gasteiger partial charge >= 0.3 is 12.1 Å². The van der Waals surface area contributed by atoms with Crippen molar-refractivity contribution in [2.45, 2.75) is 18.7 Å². The molecule has 1 aliphatic rings. The van der Waals surface area contributed by atoms with Crippen LogP contribution in [0.1, 0.15) is 11.1 Å². The van der Waals surface area contributed by atoms with Gasteiger partial charge in [-0.25, -0.2) is 0 Å². The van der Waals surface area contributed by atoms with Crippen molar-refractivity contribution >= 4 is 17.6 Å². The van der Waals surface area contributed by atoms with Crippen LogP contribution in [-0.2, 0) is 11.2 Å². The lowest BCUT2D eigenvalue weighted by atomic mass is 9.90. The van der Waals surface area contributed by atoms with E-state index in [4.69, 9.17) is 31.4 Å². The number of carbonyl (C=O) groups is 1. The van der Waals surface area contributed by atoms with Crippen LogP contribution in [0, 0.1) is 17.2 Å². The maximum Gasteiger partial charge on any atom is 0.426 e.